The molecule has 80 valence electrons. The van der Waals surface area contributed by atoms with E-state index in [2.05, 4.69) is 0 Å². The Morgan fingerprint density at radius 1 is 1.38 bits per heavy atom. The molecule has 2 N–H and O–H groups in total. The molecule has 0 unspecified atom stereocenters. The summed E-state index contributed by atoms with van der Waals surface area (Å²) < 4.78 is 0. The summed E-state index contributed by atoms with van der Waals surface area (Å²) in [7, 11) is 3.82. The summed E-state index contributed by atoms with van der Waals surface area (Å²) in [5, 5.41) is 0. The molecular formula is C9H22N2OS. The molecule has 0 aromatic rings. The molecule has 0 aliphatic heterocycles. The van der Waals surface area contributed by atoms with Crippen LogP contribution in [0.4, 0.5) is 0 Å². The molecule has 13 heavy (non-hydrogen) atoms. The van der Waals surface area contributed by atoms with Gasteiger partial charge in [-0.1, -0.05) is 20.8 Å². The molecular weight excluding hydrogens is 184 g/mol. The van der Waals surface area contributed by atoms with Gasteiger partial charge in [0.2, 0.25) is 0 Å². The first-order chi connectivity index (χ1) is 5.25. The number of carbonyl (C=O) groups excluding carboxylic acids is 1. The zero-order valence-corrected chi connectivity index (χ0v) is 10.2. The van der Waals surface area contributed by atoms with E-state index in [0.29, 0.717) is 6.54 Å². The van der Waals surface area contributed by atoms with E-state index in [0.717, 1.165) is 0 Å². The van der Waals surface area contributed by atoms with Crippen LogP contribution in [-0.2, 0) is 4.79 Å². The van der Waals surface area contributed by atoms with E-state index in [1.807, 2.05) is 39.8 Å². The molecule has 0 fully saturated rings. The lowest BCUT2D eigenvalue weighted by Crippen LogP contribution is -2.45. The Kier molecular flexibility index (Phi) is 6.67. The lowest BCUT2D eigenvalue weighted by atomic mass is 9.86. The summed E-state index contributed by atoms with van der Waals surface area (Å²) in [4.78, 5) is 13.5. The molecule has 1 atom stereocenters. The SMILES string of the molecule is CN(C)C[C@H](N)C(=O)C(C)(C)C.S. The Labute approximate surface area is 88.1 Å². The van der Waals surface area contributed by atoms with E-state index < -0.39 is 0 Å². The standard InChI is InChI=1S/C9H20N2O.H2S/c1-9(2,3)8(12)7(10)6-11(4)5;/h7H,6,10H2,1-5H3;1H2/t7-;/m0./s1. The molecule has 0 saturated heterocycles. The van der Waals surface area contributed by atoms with Crippen molar-refractivity contribution in [2.75, 3.05) is 20.6 Å². The summed E-state index contributed by atoms with van der Waals surface area (Å²) >= 11 is 0. The van der Waals surface area contributed by atoms with E-state index >= 15 is 0 Å². The average Bonchev–Trinajstić information content (AvgIpc) is 1.82. The van der Waals surface area contributed by atoms with Crippen LogP contribution in [0.5, 0.6) is 0 Å². The highest BCUT2D eigenvalue weighted by molar-refractivity contribution is 7.59. The molecule has 0 spiro atoms. The third-order valence-corrected chi connectivity index (χ3v) is 1.64. The Morgan fingerprint density at radius 3 is 2.00 bits per heavy atom. The number of nitrogens with zero attached hydrogens (tertiary/aromatic N) is 1. The molecule has 0 aromatic heterocycles. The van der Waals surface area contributed by atoms with Gasteiger partial charge in [-0.2, -0.15) is 13.5 Å². The summed E-state index contributed by atoms with van der Waals surface area (Å²) in [6, 6.07) is -0.361. The van der Waals surface area contributed by atoms with Crippen molar-refractivity contribution in [1.82, 2.24) is 4.90 Å². The average molecular weight is 206 g/mol. The second-order valence-corrected chi connectivity index (χ2v) is 4.48. The van der Waals surface area contributed by atoms with E-state index in [4.69, 9.17) is 5.73 Å². The predicted octanol–water partition coefficient (Wildman–Crippen LogP) is 0.603. The minimum atomic E-state index is -0.361. The maximum Gasteiger partial charge on any atom is 0.156 e. The first kappa shape index (κ1) is 15.4. The van der Waals surface area contributed by atoms with E-state index in [-0.39, 0.29) is 30.7 Å². The maximum atomic E-state index is 11.5. The van der Waals surface area contributed by atoms with Gasteiger partial charge >= 0.3 is 0 Å². The van der Waals surface area contributed by atoms with Crippen LogP contribution < -0.4 is 5.73 Å². The van der Waals surface area contributed by atoms with Gasteiger partial charge in [-0.15, -0.1) is 0 Å². The second-order valence-electron chi connectivity index (χ2n) is 4.48. The van der Waals surface area contributed by atoms with Crippen molar-refractivity contribution < 1.29 is 4.79 Å². The van der Waals surface area contributed by atoms with Crippen molar-refractivity contribution in [3.63, 3.8) is 0 Å². The molecule has 0 bridgehead atoms. The quantitative estimate of drug-likeness (QED) is 0.736. The van der Waals surface area contributed by atoms with Gasteiger partial charge in [-0.25, -0.2) is 0 Å². The fourth-order valence-corrected chi connectivity index (χ4v) is 1.03. The number of likely N-dealkylation sites (N-methyl/N-ethyl adjacent to an activating group) is 1. The van der Waals surface area contributed by atoms with Gasteiger partial charge in [0.25, 0.3) is 0 Å². The van der Waals surface area contributed by atoms with Gasteiger partial charge in [0.1, 0.15) is 0 Å². The first-order valence-electron chi connectivity index (χ1n) is 4.20. The molecule has 0 aliphatic rings. The van der Waals surface area contributed by atoms with Crippen LogP contribution in [0.2, 0.25) is 0 Å². The smallest absolute Gasteiger partial charge is 0.156 e. The fourth-order valence-electron chi connectivity index (χ4n) is 1.03. The van der Waals surface area contributed by atoms with E-state index in [1.165, 1.54) is 0 Å². The van der Waals surface area contributed by atoms with Crippen molar-refractivity contribution in [2.45, 2.75) is 26.8 Å². The fraction of sp³-hybridized carbons (Fsp3) is 0.889. The van der Waals surface area contributed by atoms with Crippen molar-refractivity contribution >= 4 is 19.3 Å². The Bertz CT molecular complexity index is 163. The zero-order chi connectivity index (χ0) is 9.94. The van der Waals surface area contributed by atoms with Crippen molar-refractivity contribution in [3.8, 4) is 0 Å². The molecule has 0 aromatic carbocycles. The molecule has 0 aliphatic carbocycles. The number of carbonyl (C=O) groups is 1. The van der Waals surface area contributed by atoms with Gasteiger partial charge in [0, 0.05) is 12.0 Å². The molecule has 0 saturated carbocycles. The highest BCUT2D eigenvalue weighted by atomic mass is 32.1. The van der Waals surface area contributed by atoms with Crippen molar-refractivity contribution in [2.24, 2.45) is 11.1 Å². The summed E-state index contributed by atoms with van der Waals surface area (Å²) in [6.45, 7) is 6.30. The van der Waals surface area contributed by atoms with Crippen LogP contribution >= 0.6 is 13.5 Å². The van der Waals surface area contributed by atoms with Crippen molar-refractivity contribution in [3.05, 3.63) is 0 Å². The Morgan fingerprint density at radius 2 is 1.77 bits per heavy atom. The minimum Gasteiger partial charge on any atom is -0.320 e. The van der Waals surface area contributed by atoms with Gasteiger partial charge in [0.15, 0.2) is 5.78 Å². The molecule has 4 heteroatoms. The van der Waals surface area contributed by atoms with Crippen LogP contribution in [0.25, 0.3) is 0 Å². The Hall–Kier alpha value is -0.0600. The van der Waals surface area contributed by atoms with Crippen LogP contribution in [0.3, 0.4) is 0 Å². The Balaban J connectivity index is 0. The number of rotatable bonds is 3. The number of Topliss-reactive ketones (excluding diaryl/α,β-unsaturated/α-hetero) is 1. The monoisotopic (exact) mass is 206 g/mol. The zero-order valence-electron chi connectivity index (χ0n) is 9.22. The van der Waals surface area contributed by atoms with Gasteiger partial charge in [0.05, 0.1) is 6.04 Å². The number of hydrogen-bond acceptors (Lipinski definition) is 3. The van der Waals surface area contributed by atoms with E-state index in [1.54, 1.807) is 0 Å². The minimum absolute atomic E-state index is 0. The summed E-state index contributed by atoms with van der Waals surface area (Å²) in [5.41, 5.74) is 5.39. The maximum absolute atomic E-state index is 11.5. The number of ketones is 1. The van der Waals surface area contributed by atoms with Gasteiger partial charge in [-0.05, 0) is 14.1 Å². The van der Waals surface area contributed by atoms with Crippen LogP contribution in [0.1, 0.15) is 20.8 Å². The van der Waals surface area contributed by atoms with E-state index in [9.17, 15) is 4.79 Å². The van der Waals surface area contributed by atoms with Gasteiger partial charge in [-0.3, -0.25) is 4.79 Å². The van der Waals surface area contributed by atoms with Gasteiger partial charge < -0.3 is 10.6 Å². The van der Waals surface area contributed by atoms with Crippen LogP contribution in [0, 0.1) is 5.41 Å². The lowest BCUT2D eigenvalue weighted by Gasteiger charge is -2.23. The van der Waals surface area contributed by atoms with Crippen LogP contribution in [-0.4, -0.2) is 37.4 Å². The normalized spacial score (nSPS) is 13.8. The molecule has 0 rings (SSSR count). The second kappa shape index (κ2) is 5.62. The predicted molar refractivity (Wildman–Crippen MR) is 61.4 cm³/mol. The number of nitrogens with two attached hydrogens (primary N) is 1. The lowest BCUT2D eigenvalue weighted by molar-refractivity contribution is -0.127. The molecule has 0 radical (unpaired) electrons. The largest absolute Gasteiger partial charge is 0.320 e. The first-order valence-corrected chi connectivity index (χ1v) is 4.20. The van der Waals surface area contributed by atoms with Crippen molar-refractivity contribution in [1.29, 1.82) is 0 Å². The molecule has 3 nitrogen and oxygen atoms in total. The van der Waals surface area contributed by atoms with Crippen LogP contribution in [0.15, 0.2) is 0 Å². The molecule has 0 amide bonds. The highest BCUT2D eigenvalue weighted by Crippen LogP contribution is 2.15. The molecule has 0 heterocycles. The number of hydrogen-bond donors (Lipinski definition) is 1. The topological polar surface area (TPSA) is 46.3 Å². The summed E-state index contributed by atoms with van der Waals surface area (Å²) in [6.07, 6.45) is 0. The third kappa shape index (κ3) is 6.07. The summed E-state index contributed by atoms with van der Waals surface area (Å²) in [5.74, 6) is 0.121. The highest BCUT2D eigenvalue weighted by Gasteiger charge is 2.26. The third-order valence-electron chi connectivity index (χ3n) is 1.64.